The monoisotopic (exact) mass is 349 g/mol. The standard InChI is InChI=1S/C15H15N3O5S/c1-7-4-5-11(18(22)23)10(6-7)13(19)16-9(3)14-17-8(2)12(24-14)15(20)21/h4-6,9H,1-3H3,(H,16,19)(H,20,21). The van der Waals surface area contributed by atoms with Crippen LogP contribution in [0, 0.1) is 24.0 Å². The number of nitrogens with zero attached hydrogens (tertiary/aromatic N) is 2. The number of nitrogens with one attached hydrogen (secondary N) is 1. The van der Waals surface area contributed by atoms with Crippen molar-refractivity contribution < 1.29 is 19.6 Å². The Morgan fingerprint density at radius 3 is 2.58 bits per heavy atom. The van der Waals surface area contributed by atoms with Crippen molar-refractivity contribution in [2.24, 2.45) is 0 Å². The van der Waals surface area contributed by atoms with Gasteiger partial charge in [-0.1, -0.05) is 6.07 Å². The SMILES string of the molecule is Cc1ccc([N+](=O)[O-])c(C(=O)NC(C)c2nc(C)c(C(=O)O)s2)c1. The van der Waals surface area contributed by atoms with Crippen LogP contribution in [-0.2, 0) is 0 Å². The van der Waals surface area contributed by atoms with Crippen molar-refractivity contribution in [3.8, 4) is 0 Å². The number of carboxylic acid groups (broad SMARTS) is 1. The third-order valence-electron chi connectivity index (χ3n) is 3.32. The van der Waals surface area contributed by atoms with E-state index in [0.717, 1.165) is 16.9 Å². The molecule has 0 aliphatic rings. The summed E-state index contributed by atoms with van der Waals surface area (Å²) in [6.45, 7) is 4.94. The molecule has 2 aromatic rings. The predicted molar refractivity (Wildman–Crippen MR) is 87.5 cm³/mol. The lowest BCUT2D eigenvalue weighted by atomic mass is 10.1. The Labute approximate surface area is 141 Å². The molecule has 0 spiro atoms. The molecule has 9 heteroatoms. The molecule has 1 atom stereocenters. The first kappa shape index (κ1) is 17.5. The fraction of sp³-hybridized carbons (Fsp3) is 0.267. The van der Waals surface area contributed by atoms with E-state index in [-0.39, 0.29) is 16.1 Å². The Morgan fingerprint density at radius 1 is 1.38 bits per heavy atom. The number of rotatable bonds is 5. The van der Waals surface area contributed by atoms with E-state index in [1.165, 1.54) is 12.1 Å². The van der Waals surface area contributed by atoms with Gasteiger partial charge in [0, 0.05) is 6.07 Å². The Hall–Kier alpha value is -2.81. The molecule has 24 heavy (non-hydrogen) atoms. The van der Waals surface area contributed by atoms with E-state index in [9.17, 15) is 19.7 Å². The fourth-order valence-corrected chi connectivity index (χ4v) is 3.04. The van der Waals surface area contributed by atoms with E-state index in [1.807, 2.05) is 0 Å². The maximum Gasteiger partial charge on any atom is 0.347 e. The van der Waals surface area contributed by atoms with E-state index in [0.29, 0.717) is 10.7 Å². The van der Waals surface area contributed by atoms with Crippen molar-refractivity contribution in [1.82, 2.24) is 10.3 Å². The molecule has 0 bridgehead atoms. The highest BCUT2D eigenvalue weighted by molar-refractivity contribution is 7.13. The van der Waals surface area contributed by atoms with Gasteiger partial charge in [0.15, 0.2) is 0 Å². The highest BCUT2D eigenvalue weighted by Crippen LogP contribution is 2.25. The number of amides is 1. The number of nitro benzene ring substituents is 1. The van der Waals surface area contributed by atoms with Gasteiger partial charge in [0.05, 0.1) is 16.7 Å². The van der Waals surface area contributed by atoms with Gasteiger partial charge < -0.3 is 10.4 Å². The molecule has 1 heterocycles. The molecule has 0 saturated carbocycles. The molecular formula is C15H15N3O5S. The van der Waals surface area contributed by atoms with Gasteiger partial charge in [-0.3, -0.25) is 14.9 Å². The smallest absolute Gasteiger partial charge is 0.347 e. The van der Waals surface area contributed by atoms with Crippen molar-refractivity contribution in [1.29, 1.82) is 0 Å². The number of carboxylic acids is 1. The normalized spacial score (nSPS) is 11.8. The summed E-state index contributed by atoms with van der Waals surface area (Å²) in [7, 11) is 0. The Balaban J connectivity index is 2.26. The first-order chi connectivity index (χ1) is 11.2. The number of aryl methyl sites for hydroxylation is 2. The molecule has 1 unspecified atom stereocenters. The molecule has 2 N–H and O–H groups in total. The van der Waals surface area contributed by atoms with Gasteiger partial charge in [-0.05, 0) is 32.4 Å². The second kappa shape index (κ2) is 6.75. The van der Waals surface area contributed by atoms with Crippen LogP contribution in [0.25, 0.3) is 0 Å². The minimum Gasteiger partial charge on any atom is -0.477 e. The van der Waals surface area contributed by atoms with Gasteiger partial charge in [-0.2, -0.15) is 0 Å². The first-order valence-electron chi connectivity index (χ1n) is 6.97. The molecule has 0 fully saturated rings. The molecule has 0 aliphatic heterocycles. The Kier molecular flexibility index (Phi) is 4.93. The lowest BCUT2D eigenvalue weighted by Gasteiger charge is -2.11. The zero-order chi connectivity index (χ0) is 18.0. The summed E-state index contributed by atoms with van der Waals surface area (Å²) < 4.78 is 0. The number of benzene rings is 1. The van der Waals surface area contributed by atoms with E-state index < -0.39 is 22.8 Å². The topological polar surface area (TPSA) is 122 Å². The second-order valence-corrected chi connectivity index (χ2v) is 6.28. The summed E-state index contributed by atoms with van der Waals surface area (Å²) in [5, 5.41) is 23.2. The molecule has 0 saturated heterocycles. The van der Waals surface area contributed by atoms with Crippen LogP contribution in [0.15, 0.2) is 18.2 Å². The van der Waals surface area contributed by atoms with Crippen LogP contribution in [0.5, 0.6) is 0 Å². The number of hydrogen-bond donors (Lipinski definition) is 2. The van der Waals surface area contributed by atoms with Crippen LogP contribution in [-0.4, -0.2) is 26.9 Å². The molecule has 0 radical (unpaired) electrons. The number of hydrogen-bond acceptors (Lipinski definition) is 6. The third-order valence-corrected chi connectivity index (χ3v) is 4.65. The number of thiazole rings is 1. The van der Waals surface area contributed by atoms with E-state index in [4.69, 9.17) is 5.11 Å². The molecule has 1 aromatic heterocycles. The molecular weight excluding hydrogens is 334 g/mol. The number of nitro groups is 1. The van der Waals surface area contributed by atoms with Crippen molar-refractivity contribution in [3.63, 3.8) is 0 Å². The van der Waals surface area contributed by atoms with Gasteiger partial charge in [0.25, 0.3) is 11.6 Å². The van der Waals surface area contributed by atoms with Crippen LogP contribution < -0.4 is 5.32 Å². The zero-order valence-electron chi connectivity index (χ0n) is 13.2. The number of carbonyl (C=O) groups is 2. The van der Waals surface area contributed by atoms with Crippen LogP contribution in [0.2, 0.25) is 0 Å². The molecule has 2 rings (SSSR count). The fourth-order valence-electron chi connectivity index (χ4n) is 2.13. The zero-order valence-corrected chi connectivity index (χ0v) is 14.0. The van der Waals surface area contributed by atoms with Gasteiger partial charge in [-0.15, -0.1) is 11.3 Å². The van der Waals surface area contributed by atoms with Gasteiger partial charge in [-0.25, -0.2) is 9.78 Å². The number of aromatic carboxylic acids is 1. The van der Waals surface area contributed by atoms with Crippen molar-refractivity contribution in [2.75, 3.05) is 0 Å². The average Bonchev–Trinajstić information content (AvgIpc) is 2.89. The van der Waals surface area contributed by atoms with Crippen molar-refractivity contribution in [2.45, 2.75) is 26.8 Å². The Morgan fingerprint density at radius 2 is 2.04 bits per heavy atom. The Bertz CT molecular complexity index is 831. The number of aromatic nitrogens is 1. The maximum atomic E-state index is 12.4. The van der Waals surface area contributed by atoms with E-state index in [2.05, 4.69) is 10.3 Å². The van der Waals surface area contributed by atoms with Gasteiger partial charge in [0.2, 0.25) is 0 Å². The van der Waals surface area contributed by atoms with Gasteiger partial charge in [0.1, 0.15) is 15.4 Å². The lowest BCUT2D eigenvalue weighted by Crippen LogP contribution is -2.27. The van der Waals surface area contributed by atoms with Crippen molar-refractivity contribution in [3.05, 3.63) is 55.0 Å². The summed E-state index contributed by atoms with van der Waals surface area (Å²) >= 11 is 0.967. The minimum absolute atomic E-state index is 0.0430. The summed E-state index contributed by atoms with van der Waals surface area (Å²) in [5.74, 6) is -1.69. The minimum atomic E-state index is -1.08. The summed E-state index contributed by atoms with van der Waals surface area (Å²) in [4.78, 5) is 38.1. The molecule has 8 nitrogen and oxygen atoms in total. The summed E-state index contributed by atoms with van der Waals surface area (Å²) in [6.07, 6.45) is 0. The maximum absolute atomic E-state index is 12.4. The average molecular weight is 349 g/mol. The predicted octanol–water partition coefficient (Wildman–Crippen LogP) is 2.86. The van der Waals surface area contributed by atoms with Crippen molar-refractivity contribution >= 4 is 28.9 Å². The van der Waals surface area contributed by atoms with Crippen LogP contribution in [0.1, 0.15) is 49.3 Å². The summed E-state index contributed by atoms with van der Waals surface area (Å²) in [5.41, 5.74) is 0.757. The molecule has 0 aliphatic carbocycles. The highest BCUT2D eigenvalue weighted by Gasteiger charge is 2.24. The molecule has 1 amide bonds. The van der Waals surface area contributed by atoms with E-state index in [1.54, 1.807) is 26.8 Å². The van der Waals surface area contributed by atoms with E-state index >= 15 is 0 Å². The van der Waals surface area contributed by atoms with Gasteiger partial charge >= 0.3 is 5.97 Å². The lowest BCUT2D eigenvalue weighted by molar-refractivity contribution is -0.385. The molecule has 1 aromatic carbocycles. The molecule has 126 valence electrons. The number of carbonyl (C=O) groups excluding carboxylic acids is 1. The summed E-state index contributed by atoms with van der Waals surface area (Å²) in [6, 6.07) is 3.71. The highest BCUT2D eigenvalue weighted by atomic mass is 32.1. The first-order valence-corrected chi connectivity index (χ1v) is 7.79. The van der Waals surface area contributed by atoms with Crippen LogP contribution in [0.4, 0.5) is 5.69 Å². The third kappa shape index (κ3) is 3.57. The largest absolute Gasteiger partial charge is 0.477 e. The second-order valence-electron chi connectivity index (χ2n) is 5.24. The van der Waals surface area contributed by atoms with Crippen LogP contribution in [0.3, 0.4) is 0 Å². The van der Waals surface area contributed by atoms with Crippen LogP contribution >= 0.6 is 11.3 Å². The quantitative estimate of drug-likeness (QED) is 0.632.